The van der Waals surface area contributed by atoms with Gasteiger partial charge < -0.3 is 4.90 Å². The number of imidazole rings is 1. The molecule has 0 saturated carbocycles. The van der Waals surface area contributed by atoms with Gasteiger partial charge in [0.2, 0.25) is 0 Å². The molecule has 1 unspecified atom stereocenters. The number of hydrogen-bond acceptors (Lipinski definition) is 3. The van der Waals surface area contributed by atoms with E-state index in [0.29, 0.717) is 11.8 Å². The Morgan fingerprint density at radius 1 is 1.29 bits per heavy atom. The Hall–Kier alpha value is -1.52. The summed E-state index contributed by atoms with van der Waals surface area (Å²) < 4.78 is 2.11. The van der Waals surface area contributed by atoms with E-state index in [4.69, 9.17) is 16.6 Å². The van der Waals surface area contributed by atoms with Crippen LogP contribution in [0.1, 0.15) is 23.6 Å². The SMILES string of the molecule is ClCc1c(N2CCC(c3ccccc3)C2)nc2sccn12. The molecule has 1 aromatic carbocycles. The van der Waals surface area contributed by atoms with Gasteiger partial charge in [0, 0.05) is 30.6 Å². The molecule has 0 N–H and O–H groups in total. The van der Waals surface area contributed by atoms with Gasteiger partial charge in [-0.2, -0.15) is 0 Å². The summed E-state index contributed by atoms with van der Waals surface area (Å²) in [6, 6.07) is 10.8. The molecule has 0 bridgehead atoms. The highest BCUT2D eigenvalue weighted by Crippen LogP contribution is 2.33. The van der Waals surface area contributed by atoms with Crippen molar-refractivity contribution in [2.45, 2.75) is 18.2 Å². The number of benzene rings is 1. The van der Waals surface area contributed by atoms with E-state index in [2.05, 4.69) is 51.2 Å². The van der Waals surface area contributed by atoms with Crippen LogP contribution in [0.25, 0.3) is 4.96 Å². The Bertz CT molecular complexity index is 749. The predicted octanol–water partition coefficient (Wildman–Crippen LogP) is 4.13. The van der Waals surface area contributed by atoms with Crippen LogP contribution in [-0.4, -0.2) is 22.5 Å². The van der Waals surface area contributed by atoms with Crippen molar-refractivity contribution in [1.29, 1.82) is 0 Å². The number of rotatable bonds is 3. The zero-order valence-electron chi connectivity index (χ0n) is 11.6. The summed E-state index contributed by atoms with van der Waals surface area (Å²) >= 11 is 7.82. The minimum Gasteiger partial charge on any atom is -0.354 e. The van der Waals surface area contributed by atoms with Gasteiger partial charge in [-0.25, -0.2) is 4.98 Å². The lowest BCUT2D eigenvalue weighted by Crippen LogP contribution is -2.21. The van der Waals surface area contributed by atoms with E-state index in [1.807, 2.05) is 0 Å². The quantitative estimate of drug-likeness (QED) is 0.677. The van der Waals surface area contributed by atoms with Crippen molar-refractivity contribution in [2.75, 3.05) is 18.0 Å². The molecule has 1 aliphatic heterocycles. The van der Waals surface area contributed by atoms with Crippen molar-refractivity contribution in [1.82, 2.24) is 9.38 Å². The Balaban J connectivity index is 1.63. The van der Waals surface area contributed by atoms with Crippen molar-refractivity contribution in [3.05, 3.63) is 53.2 Å². The number of aromatic nitrogens is 2. The summed E-state index contributed by atoms with van der Waals surface area (Å²) in [5.74, 6) is 2.16. The van der Waals surface area contributed by atoms with Crippen LogP contribution < -0.4 is 4.90 Å². The van der Waals surface area contributed by atoms with E-state index in [0.717, 1.165) is 29.6 Å². The number of hydrogen-bond donors (Lipinski definition) is 0. The van der Waals surface area contributed by atoms with Gasteiger partial charge in [0.15, 0.2) is 10.8 Å². The van der Waals surface area contributed by atoms with Crippen LogP contribution >= 0.6 is 22.9 Å². The van der Waals surface area contributed by atoms with Gasteiger partial charge in [-0.05, 0) is 12.0 Å². The first kappa shape index (κ1) is 13.2. The van der Waals surface area contributed by atoms with E-state index in [9.17, 15) is 0 Å². The lowest BCUT2D eigenvalue weighted by atomic mass is 9.99. The highest BCUT2D eigenvalue weighted by atomic mass is 35.5. The molecule has 2 aromatic heterocycles. The number of fused-ring (bicyclic) bond motifs is 1. The average molecular weight is 318 g/mol. The van der Waals surface area contributed by atoms with Crippen LogP contribution in [0.4, 0.5) is 5.82 Å². The monoisotopic (exact) mass is 317 g/mol. The Morgan fingerprint density at radius 3 is 2.95 bits per heavy atom. The third-order valence-electron chi connectivity index (χ3n) is 4.23. The summed E-state index contributed by atoms with van der Waals surface area (Å²) in [4.78, 5) is 8.19. The predicted molar refractivity (Wildman–Crippen MR) is 88.6 cm³/mol. The highest BCUT2D eigenvalue weighted by Gasteiger charge is 2.27. The first-order chi connectivity index (χ1) is 10.4. The molecule has 3 heterocycles. The number of halogens is 1. The molecule has 0 amide bonds. The summed E-state index contributed by atoms with van der Waals surface area (Å²) in [7, 11) is 0. The molecule has 21 heavy (non-hydrogen) atoms. The van der Waals surface area contributed by atoms with Crippen molar-refractivity contribution >= 4 is 33.7 Å². The second-order valence-corrected chi connectivity index (χ2v) is 6.55. The molecule has 0 aliphatic carbocycles. The van der Waals surface area contributed by atoms with Gasteiger partial charge in [0.1, 0.15) is 0 Å². The molecule has 0 spiro atoms. The third kappa shape index (κ3) is 2.23. The molecule has 1 atom stereocenters. The molecular weight excluding hydrogens is 302 g/mol. The van der Waals surface area contributed by atoms with Crippen molar-refractivity contribution < 1.29 is 0 Å². The van der Waals surface area contributed by atoms with E-state index in [1.54, 1.807) is 11.3 Å². The maximum absolute atomic E-state index is 6.16. The molecule has 0 radical (unpaired) electrons. The van der Waals surface area contributed by atoms with Crippen LogP contribution in [0.2, 0.25) is 0 Å². The van der Waals surface area contributed by atoms with Crippen LogP contribution in [0.5, 0.6) is 0 Å². The number of thiazole rings is 1. The lowest BCUT2D eigenvalue weighted by Gasteiger charge is -2.17. The maximum atomic E-state index is 6.16. The van der Waals surface area contributed by atoms with Crippen molar-refractivity contribution in [2.24, 2.45) is 0 Å². The van der Waals surface area contributed by atoms with Gasteiger partial charge in [0.05, 0.1) is 11.6 Å². The topological polar surface area (TPSA) is 20.5 Å². The Labute approximate surface area is 132 Å². The number of alkyl halides is 1. The van der Waals surface area contributed by atoms with E-state index < -0.39 is 0 Å². The zero-order chi connectivity index (χ0) is 14.2. The van der Waals surface area contributed by atoms with E-state index in [1.165, 1.54) is 12.0 Å². The second kappa shape index (κ2) is 5.35. The van der Waals surface area contributed by atoms with Crippen molar-refractivity contribution in [3.63, 3.8) is 0 Å². The molecule has 1 saturated heterocycles. The summed E-state index contributed by atoms with van der Waals surface area (Å²) in [6.07, 6.45) is 3.23. The summed E-state index contributed by atoms with van der Waals surface area (Å²) in [6.45, 7) is 2.08. The van der Waals surface area contributed by atoms with Gasteiger partial charge >= 0.3 is 0 Å². The minimum atomic E-state index is 0.500. The molecule has 108 valence electrons. The minimum absolute atomic E-state index is 0.500. The van der Waals surface area contributed by atoms with E-state index in [-0.39, 0.29) is 0 Å². The summed E-state index contributed by atoms with van der Waals surface area (Å²) in [5.41, 5.74) is 2.54. The molecule has 1 aliphatic rings. The molecule has 3 nitrogen and oxygen atoms in total. The fourth-order valence-electron chi connectivity index (χ4n) is 3.15. The number of anilines is 1. The fourth-order valence-corrected chi connectivity index (χ4v) is 4.12. The first-order valence-corrected chi connectivity index (χ1v) is 8.58. The second-order valence-electron chi connectivity index (χ2n) is 5.41. The van der Waals surface area contributed by atoms with Crippen molar-refractivity contribution in [3.8, 4) is 0 Å². The smallest absolute Gasteiger partial charge is 0.195 e. The van der Waals surface area contributed by atoms with E-state index >= 15 is 0 Å². The average Bonchev–Trinajstić information content (AvgIpc) is 3.22. The maximum Gasteiger partial charge on any atom is 0.195 e. The number of nitrogens with zero attached hydrogens (tertiary/aromatic N) is 3. The summed E-state index contributed by atoms with van der Waals surface area (Å²) in [5, 5.41) is 2.05. The van der Waals surface area contributed by atoms with Gasteiger partial charge in [0.25, 0.3) is 0 Å². The molecular formula is C16H16ClN3S. The fraction of sp³-hybridized carbons (Fsp3) is 0.312. The molecule has 4 rings (SSSR count). The van der Waals surface area contributed by atoms with Crippen LogP contribution in [0.3, 0.4) is 0 Å². The highest BCUT2D eigenvalue weighted by molar-refractivity contribution is 7.15. The zero-order valence-corrected chi connectivity index (χ0v) is 13.1. The normalized spacial score (nSPS) is 18.7. The molecule has 1 fully saturated rings. The standard InChI is InChI=1S/C16H16ClN3S/c17-10-14-15(18-16-20(14)8-9-21-16)19-7-6-13(11-19)12-4-2-1-3-5-12/h1-5,8-9,13H,6-7,10-11H2. The largest absolute Gasteiger partial charge is 0.354 e. The van der Waals surface area contributed by atoms with Gasteiger partial charge in [-0.1, -0.05) is 30.3 Å². The molecule has 5 heteroatoms. The Kier molecular flexibility index (Phi) is 3.36. The van der Waals surface area contributed by atoms with Gasteiger partial charge in [-0.3, -0.25) is 4.40 Å². The van der Waals surface area contributed by atoms with Crippen LogP contribution in [0.15, 0.2) is 41.9 Å². The van der Waals surface area contributed by atoms with Gasteiger partial charge in [-0.15, -0.1) is 22.9 Å². The third-order valence-corrected chi connectivity index (χ3v) is 5.24. The Morgan fingerprint density at radius 2 is 2.14 bits per heavy atom. The lowest BCUT2D eigenvalue weighted by molar-refractivity contribution is 0.774. The first-order valence-electron chi connectivity index (χ1n) is 7.17. The molecule has 3 aromatic rings. The van der Waals surface area contributed by atoms with Crippen LogP contribution in [0, 0.1) is 0 Å². The van der Waals surface area contributed by atoms with Crippen LogP contribution in [-0.2, 0) is 5.88 Å².